The summed E-state index contributed by atoms with van der Waals surface area (Å²) >= 11 is 5.87. The number of rotatable bonds is 10. The van der Waals surface area contributed by atoms with E-state index >= 15 is 0 Å². The average Bonchev–Trinajstić information content (AvgIpc) is 3.83. The molecule has 2 amide bonds. The van der Waals surface area contributed by atoms with Gasteiger partial charge < -0.3 is 24.7 Å². The van der Waals surface area contributed by atoms with E-state index in [1.807, 2.05) is 12.1 Å². The van der Waals surface area contributed by atoms with Crippen molar-refractivity contribution in [3.05, 3.63) is 117 Å². The Morgan fingerprint density at radius 3 is 2.64 bits per heavy atom. The lowest BCUT2D eigenvalue weighted by Crippen LogP contribution is -2.33. The zero-order chi connectivity index (χ0) is 38.8. The number of aromatic nitrogens is 3. The topological polar surface area (TPSA) is 111 Å². The first-order chi connectivity index (χ1) is 26.9. The van der Waals surface area contributed by atoms with Crippen molar-refractivity contribution in [2.45, 2.75) is 63.1 Å². The highest BCUT2D eigenvalue weighted by atomic mass is 35.5. The van der Waals surface area contributed by atoms with Crippen LogP contribution >= 0.6 is 11.6 Å². The monoisotopic (exact) mass is 786 g/mol. The number of amides is 2. The number of anilines is 2. The Morgan fingerprint density at radius 2 is 1.93 bits per heavy atom. The number of pyridine rings is 1. The summed E-state index contributed by atoms with van der Waals surface area (Å²) in [5.41, 5.74) is 1.95. The molecular weight excluding hydrogens is 752 g/mol. The van der Waals surface area contributed by atoms with Crippen molar-refractivity contribution in [1.82, 2.24) is 19.4 Å². The highest BCUT2D eigenvalue weighted by molar-refractivity contribution is 6.30. The lowest BCUT2D eigenvalue weighted by atomic mass is 9.94. The number of halogens is 5. The molecule has 1 aliphatic carbocycles. The number of carbonyl (C=O) groups is 2. The van der Waals surface area contributed by atoms with E-state index in [9.17, 15) is 27.2 Å². The molecule has 4 aliphatic rings. The van der Waals surface area contributed by atoms with Crippen LogP contribution in [0.2, 0.25) is 5.02 Å². The summed E-state index contributed by atoms with van der Waals surface area (Å²) in [5, 5.41) is 5.40. The van der Waals surface area contributed by atoms with E-state index in [2.05, 4.69) is 31.2 Å². The molecule has 56 heavy (non-hydrogen) atoms. The molecule has 0 radical (unpaired) electrons. The van der Waals surface area contributed by atoms with Gasteiger partial charge in [0.1, 0.15) is 18.2 Å². The van der Waals surface area contributed by atoms with E-state index < -0.39 is 34.8 Å². The molecule has 0 unspecified atom stereocenters. The third-order valence-electron chi connectivity index (χ3n) is 11.0. The van der Waals surface area contributed by atoms with Crippen LogP contribution in [0.3, 0.4) is 0 Å². The van der Waals surface area contributed by atoms with Gasteiger partial charge in [-0.1, -0.05) is 29.8 Å². The second-order valence-corrected chi connectivity index (χ2v) is 15.1. The van der Waals surface area contributed by atoms with Crippen LogP contribution in [0, 0.1) is 5.82 Å². The second-order valence-electron chi connectivity index (χ2n) is 14.7. The Labute approximate surface area is 323 Å². The number of nitrogens with zero attached hydrogens (tertiary/aromatic N) is 4. The van der Waals surface area contributed by atoms with E-state index in [0.29, 0.717) is 66.6 Å². The number of nitrogens with one attached hydrogen (secondary N) is 2. The van der Waals surface area contributed by atoms with Crippen LogP contribution in [0.25, 0.3) is 16.6 Å². The summed E-state index contributed by atoms with van der Waals surface area (Å²) in [6.45, 7) is 3.11. The fourth-order valence-corrected chi connectivity index (χ4v) is 7.81. The van der Waals surface area contributed by atoms with Crippen molar-refractivity contribution in [2.75, 3.05) is 30.3 Å². The first-order valence-corrected chi connectivity index (χ1v) is 18.8. The molecular formula is C41H35ClF4N6O4. The number of hydrogen-bond donors (Lipinski definition) is 2. The number of alkyl halides is 3. The van der Waals surface area contributed by atoms with Gasteiger partial charge in [-0.15, -0.1) is 0 Å². The van der Waals surface area contributed by atoms with Crippen LogP contribution in [0.5, 0.6) is 5.88 Å². The van der Waals surface area contributed by atoms with Crippen molar-refractivity contribution < 1.29 is 36.6 Å². The molecule has 1 saturated heterocycles. The third-order valence-corrected chi connectivity index (χ3v) is 11.2. The minimum absolute atomic E-state index is 0.00786. The minimum atomic E-state index is -4.73. The summed E-state index contributed by atoms with van der Waals surface area (Å²) in [6, 6.07) is 17.4. The summed E-state index contributed by atoms with van der Waals surface area (Å²) < 4.78 is 70.2. The Kier molecular flexibility index (Phi) is 9.09. The number of hydrogen-bond acceptors (Lipinski definition) is 7. The van der Waals surface area contributed by atoms with Crippen molar-refractivity contribution in [2.24, 2.45) is 0 Å². The van der Waals surface area contributed by atoms with Crippen molar-refractivity contribution in [3.63, 3.8) is 0 Å². The highest BCUT2D eigenvalue weighted by Gasteiger charge is 2.58. The maximum absolute atomic E-state index is 14.2. The summed E-state index contributed by atoms with van der Waals surface area (Å²) in [7, 11) is 0. The van der Waals surface area contributed by atoms with Crippen LogP contribution in [-0.4, -0.2) is 57.0 Å². The fraction of sp³-hybridized carbons (Fsp3) is 0.317. The van der Waals surface area contributed by atoms with E-state index in [1.54, 1.807) is 36.4 Å². The number of benzene rings is 3. The van der Waals surface area contributed by atoms with Gasteiger partial charge in [0.25, 0.3) is 5.91 Å². The Balaban J connectivity index is 0.919. The van der Waals surface area contributed by atoms with E-state index in [0.717, 1.165) is 42.5 Å². The molecule has 9 rings (SSSR count). The van der Waals surface area contributed by atoms with Crippen molar-refractivity contribution >= 4 is 51.4 Å². The number of ether oxygens (including phenoxy) is 2. The Morgan fingerprint density at radius 1 is 1.09 bits per heavy atom. The SMILES string of the molecule is O=C(Nc1cc(C(F)(F)F)c2c(c1)C1(CC1)C(=O)N2)c1ccc2nc(CN3CC=C(c4cccc(OCc5ccc(Cl)cc5F)n4)CC3)n(C[C@@H]3CCO3)c2c1. The van der Waals surface area contributed by atoms with Gasteiger partial charge in [0.2, 0.25) is 11.8 Å². The molecule has 5 aromatic rings. The van der Waals surface area contributed by atoms with E-state index in [-0.39, 0.29) is 35.2 Å². The van der Waals surface area contributed by atoms with E-state index in [1.165, 1.54) is 12.1 Å². The normalized spacial score (nSPS) is 18.7. The number of carbonyl (C=O) groups excluding carboxylic acids is 2. The molecule has 1 spiro atoms. The quantitative estimate of drug-likeness (QED) is 0.138. The molecule has 15 heteroatoms. The van der Waals surface area contributed by atoms with Crippen molar-refractivity contribution in [1.29, 1.82) is 0 Å². The van der Waals surface area contributed by atoms with Crippen LogP contribution in [0.15, 0.2) is 72.8 Å². The first-order valence-electron chi connectivity index (χ1n) is 18.4. The van der Waals surface area contributed by atoms with Gasteiger partial charge in [0.05, 0.1) is 52.6 Å². The lowest BCUT2D eigenvalue weighted by molar-refractivity contribution is -0.136. The fourth-order valence-electron chi connectivity index (χ4n) is 7.65. The smallest absolute Gasteiger partial charge is 0.418 e. The second kappa shape index (κ2) is 14.0. The van der Waals surface area contributed by atoms with Crippen LogP contribution < -0.4 is 15.4 Å². The molecule has 288 valence electrons. The molecule has 2 fully saturated rings. The molecule has 0 bridgehead atoms. The third kappa shape index (κ3) is 6.90. The molecule has 2 aromatic heterocycles. The number of imidazole rings is 1. The zero-order valence-electron chi connectivity index (χ0n) is 29.9. The van der Waals surface area contributed by atoms with Gasteiger partial charge >= 0.3 is 6.18 Å². The van der Waals surface area contributed by atoms with Crippen LogP contribution in [0.1, 0.15) is 64.2 Å². The largest absolute Gasteiger partial charge is 0.473 e. The van der Waals surface area contributed by atoms with Crippen LogP contribution in [-0.2, 0) is 40.8 Å². The number of fused-ring (bicyclic) bond motifs is 3. The van der Waals surface area contributed by atoms with Crippen molar-refractivity contribution in [3.8, 4) is 5.88 Å². The minimum Gasteiger partial charge on any atom is -0.473 e. The highest BCUT2D eigenvalue weighted by Crippen LogP contribution is 2.58. The average molecular weight is 787 g/mol. The predicted molar refractivity (Wildman–Crippen MR) is 201 cm³/mol. The molecule has 5 heterocycles. The lowest BCUT2D eigenvalue weighted by Gasteiger charge is -2.29. The summed E-state index contributed by atoms with van der Waals surface area (Å²) in [5.74, 6) is -0.270. The van der Waals surface area contributed by atoms with Gasteiger partial charge in [-0.05, 0) is 85.4 Å². The van der Waals surface area contributed by atoms with Gasteiger partial charge in [0, 0.05) is 47.6 Å². The molecule has 1 saturated carbocycles. The predicted octanol–water partition coefficient (Wildman–Crippen LogP) is 8.14. The van der Waals surface area contributed by atoms with Gasteiger partial charge in [-0.2, -0.15) is 13.2 Å². The molecule has 1 atom stereocenters. The Hall–Kier alpha value is -5.31. The summed E-state index contributed by atoms with van der Waals surface area (Å²) in [6.07, 6.45) is -0.0826. The van der Waals surface area contributed by atoms with Gasteiger partial charge in [0.15, 0.2) is 0 Å². The maximum Gasteiger partial charge on any atom is 0.418 e. The molecule has 10 nitrogen and oxygen atoms in total. The maximum atomic E-state index is 14.2. The Bertz CT molecular complexity index is 2440. The van der Waals surface area contributed by atoms with Crippen LogP contribution in [0.4, 0.5) is 28.9 Å². The standard InChI is InChI=1S/C41H35ClF4N6O4/c42-26-6-4-25(31(43)17-26)22-56-36-3-1-2-32(49-36)23-8-13-51(14-9-23)21-35-48-33-7-5-24(16-34(33)52(35)20-28-10-15-55-28)38(53)47-27-18-29-37(30(19-27)41(44,45)46)50-39(54)40(29)11-12-40/h1-8,16-19,28H,9-15,20-22H2,(H,47,53)(H,50,54)/t28-/m0/s1. The zero-order valence-corrected chi connectivity index (χ0v) is 30.6. The van der Waals surface area contributed by atoms with Gasteiger partial charge in [-0.25, -0.2) is 14.4 Å². The first kappa shape index (κ1) is 36.3. The van der Waals surface area contributed by atoms with Gasteiger partial charge in [-0.3, -0.25) is 14.5 Å². The summed E-state index contributed by atoms with van der Waals surface area (Å²) in [4.78, 5) is 38.1. The molecule has 3 aliphatic heterocycles. The molecule has 2 N–H and O–H groups in total. The molecule has 3 aromatic carbocycles. The van der Waals surface area contributed by atoms with E-state index in [4.69, 9.17) is 26.1 Å².